The van der Waals surface area contributed by atoms with Crippen molar-refractivity contribution in [1.82, 2.24) is 4.98 Å². The molecule has 1 fully saturated rings. The van der Waals surface area contributed by atoms with Gasteiger partial charge in [0.05, 0.1) is 22.4 Å². The van der Waals surface area contributed by atoms with Crippen molar-refractivity contribution in [2.75, 3.05) is 6.61 Å². The molecule has 0 radical (unpaired) electrons. The van der Waals surface area contributed by atoms with Crippen LogP contribution in [-0.4, -0.2) is 34.7 Å². The maximum atomic E-state index is 15.1. The molecular formula is C24H34FNO4S. The molecule has 1 aromatic carbocycles. The molecule has 1 aromatic heterocycles. The zero-order chi connectivity index (χ0) is 22.6. The number of carbonyl (C=O) groups is 1. The molecular weight excluding hydrogens is 417 g/mol. The van der Waals surface area contributed by atoms with Crippen molar-refractivity contribution < 1.29 is 23.8 Å². The summed E-state index contributed by atoms with van der Waals surface area (Å²) >= 11 is 1.21. The van der Waals surface area contributed by atoms with Crippen LogP contribution in [0, 0.1) is 11.7 Å². The Morgan fingerprint density at radius 2 is 1.90 bits per heavy atom. The number of ether oxygens (including phenoxy) is 2. The molecule has 0 amide bonds. The van der Waals surface area contributed by atoms with Crippen LogP contribution in [0.2, 0.25) is 0 Å². The average Bonchev–Trinajstić information content (AvgIpc) is 3.20. The predicted molar refractivity (Wildman–Crippen MR) is 121 cm³/mol. The average molecular weight is 452 g/mol. The second-order valence-corrected chi connectivity index (χ2v) is 9.84. The van der Waals surface area contributed by atoms with E-state index in [4.69, 9.17) is 9.47 Å². The van der Waals surface area contributed by atoms with Crippen LogP contribution in [0.25, 0.3) is 10.2 Å². The SMILES string of the molecule is CCC(O)(CC)c1nc2ccc(OC3CCC(OC[C@H](C)CC(C)=O)CC3)c(F)c2s1. The van der Waals surface area contributed by atoms with Crippen molar-refractivity contribution >= 4 is 27.3 Å². The van der Waals surface area contributed by atoms with Crippen LogP contribution in [0.4, 0.5) is 4.39 Å². The van der Waals surface area contributed by atoms with Gasteiger partial charge in [-0.05, 0) is 63.5 Å². The van der Waals surface area contributed by atoms with Crippen molar-refractivity contribution in [2.45, 2.75) is 90.4 Å². The standard InChI is InChI=1S/C24H34FNO4S/c1-5-24(28,6-2)23-26-19-11-12-20(21(25)22(19)31-23)30-18-9-7-17(8-10-18)29-14-15(3)13-16(4)27/h11-12,15,17-18,28H,5-10,13-14H2,1-4H3/t15-,17?,18?/m1/s1. The van der Waals surface area contributed by atoms with Gasteiger partial charge in [0.15, 0.2) is 11.6 Å². The zero-order valence-corrected chi connectivity index (χ0v) is 19.8. The predicted octanol–water partition coefficient (Wildman–Crippen LogP) is 5.76. The van der Waals surface area contributed by atoms with Crippen molar-refractivity contribution in [1.29, 1.82) is 0 Å². The fraction of sp³-hybridized carbons (Fsp3) is 0.667. The smallest absolute Gasteiger partial charge is 0.184 e. The number of Topliss-reactive ketones (excluding diaryl/α,β-unsaturated/α-hetero) is 1. The second kappa shape index (κ2) is 10.4. The summed E-state index contributed by atoms with van der Waals surface area (Å²) in [5.74, 6) is 0.273. The number of aliphatic hydroxyl groups is 1. The molecule has 1 aliphatic carbocycles. The van der Waals surface area contributed by atoms with Crippen molar-refractivity contribution in [3.63, 3.8) is 0 Å². The van der Waals surface area contributed by atoms with Gasteiger partial charge in [-0.1, -0.05) is 20.8 Å². The Labute approximate surface area is 188 Å². The maximum absolute atomic E-state index is 15.1. The number of nitrogens with zero attached hydrogens (tertiary/aromatic N) is 1. The zero-order valence-electron chi connectivity index (χ0n) is 18.9. The number of fused-ring (bicyclic) bond motifs is 1. The second-order valence-electron chi connectivity index (χ2n) is 8.84. The molecule has 31 heavy (non-hydrogen) atoms. The van der Waals surface area contributed by atoms with E-state index in [0.717, 1.165) is 25.7 Å². The van der Waals surface area contributed by atoms with E-state index < -0.39 is 11.4 Å². The number of ketones is 1. The van der Waals surface area contributed by atoms with E-state index >= 15 is 4.39 Å². The van der Waals surface area contributed by atoms with Gasteiger partial charge in [-0.3, -0.25) is 0 Å². The molecule has 0 bridgehead atoms. The van der Waals surface area contributed by atoms with E-state index in [1.54, 1.807) is 19.1 Å². The Hall–Kier alpha value is -1.57. The first-order valence-electron chi connectivity index (χ1n) is 11.3. The molecule has 5 nitrogen and oxygen atoms in total. The van der Waals surface area contributed by atoms with Crippen LogP contribution in [-0.2, 0) is 15.1 Å². The van der Waals surface area contributed by atoms with Crippen LogP contribution in [0.15, 0.2) is 12.1 Å². The van der Waals surface area contributed by atoms with Gasteiger partial charge in [-0.15, -0.1) is 11.3 Å². The first kappa shape index (κ1) is 24.1. The lowest BCUT2D eigenvalue weighted by Gasteiger charge is -2.29. The highest BCUT2D eigenvalue weighted by Crippen LogP contribution is 2.38. The van der Waals surface area contributed by atoms with Gasteiger partial charge in [0.2, 0.25) is 0 Å². The Bertz CT molecular complexity index is 887. The van der Waals surface area contributed by atoms with Gasteiger partial charge in [0.1, 0.15) is 16.4 Å². The Balaban J connectivity index is 1.59. The molecule has 1 N–H and O–H groups in total. The summed E-state index contributed by atoms with van der Waals surface area (Å²) in [5.41, 5.74) is -0.459. The number of hydrogen-bond acceptors (Lipinski definition) is 6. The minimum atomic E-state index is -1.02. The summed E-state index contributed by atoms with van der Waals surface area (Å²) in [6, 6.07) is 3.41. The minimum Gasteiger partial charge on any atom is -0.487 e. The van der Waals surface area contributed by atoms with E-state index in [1.165, 1.54) is 11.3 Å². The molecule has 0 aliphatic heterocycles. The minimum absolute atomic E-state index is 0.0444. The first-order valence-corrected chi connectivity index (χ1v) is 12.2. The third kappa shape index (κ3) is 5.82. The number of aromatic nitrogens is 1. The summed E-state index contributed by atoms with van der Waals surface area (Å²) in [6.45, 7) is 8.05. The maximum Gasteiger partial charge on any atom is 0.184 e. The van der Waals surface area contributed by atoms with Crippen molar-refractivity contribution in [3.8, 4) is 5.75 Å². The summed E-state index contributed by atoms with van der Waals surface area (Å²) < 4.78 is 27.5. The lowest BCUT2D eigenvalue weighted by atomic mass is 9.94. The number of carbonyl (C=O) groups excluding carboxylic acids is 1. The van der Waals surface area contributed by atoms with E-state index in [-0.39, 0.29) is 29.7 Å². The molecule has 1 atom stereocenters. The van der Waals surface area contributed by atoms with E-state index in [0.29, 0.717) is 41.1 Å². The van der Waals surface area contributed by atoms with E-state index in [1.807, 2.05) is 20.8 Å². The Morgan fingerprint density at radius 1 is 1.26 bits per heavy atom. The van der Waals surface area contributed by atoms with Gasteiger partial charge in [-0.25, -0.2) is 9.37 Å². The molecule has 1 saturated carbocycles. The molecule has 172 valence electrons. The Kier molecular flexibility index (Phi) is 8.05. The van der Waals surface area contributed by atoms with Gasteiger partial charge in [0, 0.05) is 13.0 Å². The number of halogens is 1. The fourth-order valence-electron chi connectivity index (χ4n) is 4.13. The van der Waals surface area contributed by atoms with Crippen LogP contribution in [0.5, 0.6) is 5.75 Å². The molecule has 0 saturated heterocycles. The quantitative estimate of drug-likeness (QED) is 0.497. The van der Waals surface area contributed by atoms with Crippen LogP contribution in [0.3, 0.4) is 0 Å². The highest BCUT2D eigenvalue weighted by Gasteiger charge is 2.30. The van der Waals surface area contributed by atoms with Gasteiger partial charge < -0.3 is 19.4 Å². The number of hydrogen-bond donors (Lipinski definition) is 1. The topological polar surface area (TPSA) is 68.7 Å². The summed E-state index contributed by atoms with van der Waals surface area (Å²) in [4.78, 5) is 15.7. The largest absolute Gasteiger partial charge is 0.487 e. The lowest BCUT2D eigenvalue weighted by molar-refractivity contribution is -0.118. The third-order valence-corrected chi connectivity index (χ3v) is 7.45. The van der Waals surface area contributed by atoms with E-state index in [2.05, 4.69) is 4.98 Å². The van der Waals surface area contributed by atoms with Gasteiger partial charge in [-0.2, -0.15) is 0 Å². The normalized spacial score (nSPS) is 20.7. The lowest BCUT2D eigenvalue weighted by Crippen LogP contribution is -2.29. The van der Waals surface area contributed by atoms with Crippen LogP contribution < -0.4 is 4.74 Å². The monoisotopic (exact) mass is 451 g/mol. The van der Waals surface area contributed by atoms with Crippen molar-refractivity contribution in [2.24, 2.45) is 5.92 Å². The first-order chi connectivity index (χ1) is 14.8. The van der Waals surface area contributed by atoms with Gasteiger partial charge in [0.25, 0.3) is 0 Å². The fourth-order valence-corrected chi connectivity index (χ4v) is 5.36. The number of benzene rings is 1. The molecule has 7 heteroatoms. The molecule has 2 aromatic rings. The molecule has 0 spiro atoms. The van der Waals surface area contributed by atoms with Crippen LogP contribution in [0.1, 0.15) is 77.6 Å². The molecule has 3 rings (SSSR count). The highest BCUT2D eigenvalue weighted by molar-refractivity contribution is 7.18. The molecule has 1 aliphatic rings. The van der Waals surface area contributed by atoms with Crippen LogP contribution >= 0.6 is 11.3 Å². The third-order valence-electron chi connectivity index (χ3n) is 6.20. The summed E-state index contributed by atoms with van der Waals surface area (Å²) in [6.07, 6.45) is 5.10. The molecule has 0 unspecified atom stereocenters. The number of rotatable bonds is 10. The van der Waals surface area contributed by atoms with Gasteiger partial charge >= 0.3 is 0 Å². The molecule has 1 heterocycles. The van der Waals surface area contributed by atoms with E-state index in [9.17, 15) is 9.90 Å². The summed E-state index contributed by atoms with van der Waals surface area (Å²) in [7, 11) is 0. The Morgan fingerprint density at radius 3 is 2.52 bits per heavy atom. The summed E-state index contributed by atoms with van der Waals surface area (Å²) in [5, 5.41) is 11.3. The highest BCUT2D eigenvalue weighted by atomic mass is 32.1. The number of thiazole rings is 1. The van der Waals surface area contributed by atoms with Crippen molar-refractivity contribution in [3.05, 3.63) is 23.0 Å².